The van der Waals surface area contributed by atoms with Gasteiger partial charge in [-0.25, -0.2) is 4.98 Å². The van der Waals surface area contributed by atoms with Gasteiger partial charge in [0.2, 0.25) is 0 Å². The topological polar surface area (TPSA) is 79.5 Å². The van der Waals surface area contributed by atoms with Crippen LogP contribution in [0.4, 0.5) is 5.82 Å². The zero-order valence-corrected chi connectivity index (χ0v) is 13.2. The van der Waals surface area contributed by atoms with Gasteiger partial charge in [-0.3, -0.25) is 4.79 Å². The number of nitrogens with two attached hydrogens (primary N) is 1. The van der Waals surface area contributed by atoms with E-state index < -0.39 is 11.5 Å². The van der Waals surface area contributed by atoms with Gasteiger partial charge in [0.25, 0.3) is 5.91 Å². The number of anilines is 1. The number of carbonyl (C=O) groups is 1. The maximum atomic E-state index is 11.5. The molecule has 3 N–H and O–H groups in total. The van der Waals surface area contributed by atoms with Crippen LogP contribution in [0.2, 0.25) is 10.0 Å². The number of hydrogen-bond donors (Lipinski definition) is 2. The number of rotatable bonds is 2. The second-order valence-corrected chi connectivity index (χ2v) is 6.33. The van der Waals surface area contributed by atoms with Gasteiger partial charge in [0.05, 0.1) is 22.1 Å². The van der Waals surface area contributed by atoms with E-state index in [9.17, 15) is 9.90 Å². The molecule has 2 heterocycles. The van der Waals surface area contributed by atoms with Crippen molar-refractivity contribution in [1.29, 1.82) is 0 Å². The van der Waals surface area contributed by atoms with Crippen LogP contribution in [0.3, 0.4) is 0 Å². The van der Waals surface area contributed by atoms with Gasteiger partial charge in [-0.1, -0.05) is 23.2 Å². The molecular weight excluding hydrogens is 325 g/mol. The quantitative estimate of drug-likeness (QED) is 0.880. The first-order valence-electron chi connectivity index (χ1n) is 6.93. The van der Waals surface area contributed by atoms with Gasteiger partial charge >= 0.3 is 0 Å². The molecule has 1 saturated heterocycles. The van der Waals surface area contributed by atoms with Gasteiger partial charge in [-0.2, -0.15) is 0 Å². The Hall–Kier alpha value is -1.56. The van der Waals surface area contributed by atoms with Crippen LogP contribution in [-0.4, -0.2) is 34.7 Å². The first kappa shape index (κ1) is 15.3. The Bertz CT molecular complexity index is 753. The monoisotopic (exact) mass is 339 g/mol. The number of aliphatic hydroxyl groups is 1. The normalized spacial score (nSPS) is 22.0. The summed E-state index contributed by atoms with van der Waals surface area (Å²) in [4.78, 5) is 17.8. The Morgan fingerprint density at radius 2 is 2.00 bits per heavy atom. The van der Waals surface area contributed by atoms with E-state index in [0.29, 0.717) is 40.8 Å². The lowest BCUT2D eigenvalue weighted by Crippen LogP contribution is -2.56. The number of aromatic nitrogens is 1. The SMILES string of the molecule is NC(=O)C1(O)CCCN(c2ccc3c(Cl)ccc(Cl)c3n2)C1. The van der Waals surface area contributed by atoms with Crippen molar-refractivity contribution in [2.45, 2.75) is 18.4 Å². The van der Waals surface area contributed by atoms with Crippen molar-refractivity contribution in [3.8, 4) is 0 Å². The molecule has 7 heteroatoms. The first-order valence-corrected chi connectivity index (χ1v) is 7.68. The highest BCUT2D eigenvalue weighted by Crippen LogP contribution is 2.32. The number of fused-ring (bicyclic) bond motifs is 1. The van der Waals surface area contributed by atoms with E-state index >= 15 is 0 Å². The van der Waals surface area contributed by atoms with Crippen molar-refractivity contribution >= 4 is 45.8 Å². The first-order chi connectivity index (χ1) is 10.4. The second-order valence-electron chi connectivity index (χ2n) is 5.52. The van der Waals surface area contributed by atoms with E-state index in [-0.39, 0.29) is 6.54 Å². The Morgan fingerprint density at radius 1 is 1.27 bits per heavy atom. The molecule has 3 rings (SSSR count). The summed E-state index contributed by atoms with van der Waals surface area (Å²) in [6.07, 6.45) is 1.02. The van der Waals surface area contributed by atoms with E-state index in [0.717, 1.165) is 5.39 Å². The molecule has 1 aliphatic rings. The number of benzene rings is 1. The molecule has 0 radical (unpaired) electrons. The highest BCUT2D eigenvalue weighted by molar-refractivity contribution is 6.39. The maximum absolute atomic E-state index is 11.5. The molecule has 2 aromatic rings. The van der Waals surface area contributed by atoms with Gasteiger partial charge in [0.15, 0.2) is 5.60 Å². The second kappa shape index (κ2) is 5.57. The molecule has 0 bridgehead atoms. The Kier molecular flexibility index (Phi) is 3.89. The predicted molar refractivity (Wildman–Crippen MR) is 87.4 cm³/mol. The lowest BCUT2D eigenvalue weighted by atomic mass is 9.92. The largest absolute Gasteiger partial charge is 0.378 e. The standard InChI is InChI=1S/C15H15Cl2N3O2/c16-10-3-4-11(17)13-9(10)2-5-12(19-13)20-7-1-6-15(22,8-20)14(18)21/h2-5,22H,1,6-8H2,(H2,18,21). The molecule has 1 aliphatic heterocycles. The number of carbonyl (C=O) groups excluding carboxylic acids is 1. The smallest absolute Gasteiger partial charge is 0.251 e. The molecule has 5 nitrogen and oxygen atoms in total. The van der Waals surface area contributed by atoms with Gasteiger partial charge < -0.3 is 15.7 Å². The van der Waals surface area contributed by atoms with Crippen molar-refractivity contribution in [3.05, 3.63) is 34.3 Å². The van der Waals surface area contributed by atoms with E-state index in [2.05, 4.69) is 4.98 Å². The third kappa shape index (κ3) is 2.60. The summed E-state index contributed by atoms with van der Waals surface area (Å²) in [6, 6.07) is 7.06. The van der Waals surface area contributed by atoms with Crippen LogP contribution in [0.25, 0.3) is 10.9 Å². The van der Waals surface area contributed by atoms with E-state index in [4.69, 9.17) is 28.9 Å². The van der Waals surface area contributed by atoms with Gasteiger partial charge in [0, 0.05) is 11.9 Å². The molecule has 1 amide bonds. The maximum Gasteiger partial charge on any atom is 0.251 e. The zero-order chi connectivity index (χ0) is 15.9. The fourth-order valence-corrected chi connectivity index (χ4v) is 3.17. The van der Waals surface area contributed by atoms with Crippen molar-refractivity contribution in [2.24, 2.45) is 5.73 Å². The van der Waals surface area contributed by atoms with Crippen LogP contribution in [-0.2, 0) is 4.79 Å². The van der Waals surface area contributed by atoms with Crippen molar-refractivity contribution < 1.29 is 9.90 Å². The number of amides is 1. The molecule has 1 atom stereocenters. The Morgan fingerprint density at radius 3 is 2.73 bits per heavy atom. The molecular formula is C15H15Cl2N3O2. The molecule has 1 fully saturated rings. The predicted octanol–water partition coefficient (Wildman–Crippen LogP) is 2.36. The van der Waals surface area contributed by atoms with Crippen LogP contribution < -0.4 is 10.6 Å². The molecule has 1 aromatic carbocycles. The summed E-state index contributed by atoms with van der Waals surface area (Å²) in [5.74, 6) is -0.0740. The minimum atomic E-state index is -1.52. The Labute approximate surface area is 137 Å². The lowest BCUT2D eigenvalue weighted by molar-refractivity contribution is -0.137. The van der Waals surface area contributed by atoms with E-state index in [1.807, 2.05) is 11.0 Å². The third-order valence-electron chi connectivity index (χ3n) is 3.99. The molecule has 0 spiro atoms. The lowest BCUT2D eigenvalue weighted by Gasteiger charge is -2.37. The van der Waals surface area contributed by atoms with Gasteiger partial charge in [-0.05, 0) is 37.1 Å². The van der Waals surface area contributed by atoms with Crippen molar-refractivity contribution in [3.63, 3.8) is 0 Å². The average molecular weight is 340 g/mol. The zero-order valence-electron chi connectivity index (χ0n) is 11.7. The van der Waals surface area contributed by atoms with Crippen LogP contribution in [0.1, 0.15) is 12.8 Å². The molecule has 22 heavy (non-hydrogen) atoms. The number of nitrogens with zero attached hydrogens (tertiary/aromatic N) is 2. The summed E-state index contributed by atoms with van der Waals surface area (Å²) >= 11 is 12.3. The Balaban J connectivity index is 2.00. The summed E-state index contributed by atoms with van der Waals surface area (Å²) in [7, 11) is 0. The number of halogens is 2. The number of β-amino-alcohol motifs (C(OH)–C–C–N with tert-alkyl or cyclic N) is 1. The summed E-state index contributed by atoms with van der Waals surface area (Å²) in [6.45, 7) is 0.811. The van der Waals surface area contributed by atoms with Crippen LogP contribution in [0.5, 0.6) is 0 Å². The number of hydrogen-bond acceptors (Lipinski definition) is 4. The average Bonchev–Trinajstić information content (AvgIpc) is 2.51. The molecule has 0 aliphatic carbocycles. The molecule has 0 saturated carbocycles. The summed E-state index contributed by atoms with van der Waals surface area (Å²) in [5, 5.41) is 12.1. The molecule has 1 aromatic heterocycles. The summed E-state index contributed by atoms with van der Waals surface area (Å²) < 4.78 is 0. The summed E-state index contributed by atoms with van der Waals surface area (Å²) in [5.41, 5.74) is 4.38. The van der Waals surface area contributed by atoms with Crippen molar-refractivity contribution in [2.75, 3.05) is 18.0 Å². The van der Waals surface area contributed by atoms with Crippen molar-refractivity contribution in [1.82, 2.24) is 4.98 Å². The third-order valence-corrected chi connectivity index (χ3v) is 4.63. The number of pyridine rings is 1. The van der Waals surface area contributed by atoms with E-state index in [1.165, 1.54) is 0 Å². The minimum absolute atomic E-state index is 0.124. The van der Waals surface area contributed by atoms with Gasteiger partial charge in [0.1, 0.15) is 5.82 Å². The van der Waals surface area contributed by atoms with E-state index in [1.54, 1.807) is 18.2 Å². The molecule has 1 unspecified atom stereocenters. The highest BCUT2D eigenvalue weighted by atomic mass is 35.5. The van der Waals surface area contributed by atoms with Crippen LogP contribution in [0, 0.1) is 0 Å². The molecule has 116 valence electrons. The number of piperidine rings is 1. The fraction of sp³-hybridized carbons (Fsp3) is 0.333. The van der Waals surface area contributed by atoms with Crippen LogP contribution >= 0.6 is 23.2 Å². The minimum Gasteiger partial charge on any atom is -0.378 e. The number of primary amides is 1. The highest BCUT2D eigenvalue weighted by Gasteiger charge is 2.39. The fourth-order valence-electron chi connectivity index (χ4n) is 2.75. The van der Waals surface area contributed by atoms with Gasteiger partial charge in [-0.15, -0.1) is 0 Å². The van der Waals surface area contributed by atoms with Crippen LogP contribution in [0.15, 0.2) is 24.3 Å².